The number of carbonyl (C=O) groups is 3. The Bertz CT molecular complexity index is 709. The highest BCUT2D eigenvalue weighted by Crippen LogP contribution is 2.29. The number of aldehydes is 1. The number of Topliss-reactive ketones (excluding diaryl/α,β-unsaturated/α-hetero) is 1. The molecular formula is C16H21NO5Si. The summed E-state index contributed by atoms with van der Waals surface area (Å²) in [5, 5.41) is 0. The molecule has 0 saturated heterocycles. The second-order valence-electron chi connectivity index (χ2n) is 6.38. The topological polar surface area (TPSA) is 74.6 Å². The van der Waals surface area contributed by atoms with E-state index in [-0.39, 0.29) is 28.4 Å². The summed E-state index contributed by atoms with van der Waals surface area (Å²) < 4.78 is 12.4. The van der Waals surface area contributed by atoms with Gasteiger partial charge < -0.3 is 13.7 Å². The second kappa shape index (κ2) is 6.25. The van der Waals surface area contributed by atoms with Gasteiger partial charge >= 0.3 is 0 Å². The molecule has 124 valence electrons. The van der Waals surface area contributed by atoms with Crippen LogP contribution in [0.2, 0.25) is 19.6 Å². The van der Waals surface area contributed by atoms with E-state index in [0.717, 1.165) is 0 Å². The van der Waals surface area contributed by atoms with Crippen molar-refractivity contribution in [3.8, 4) is 0 Å². The molecule has 23 heavy (non-hydrogen) atoms. The first kappa shape index (κ1) is 17.4. The van der Waals surface area contributed by atoms with Crippen molar-refractivity contribution < 1.29 is 23.5 Å². The first-order valence-electron chi connectivity index (χ1n) is 7.36. The molecule has 1 aliphatic carbocycles. The molecule has 0 unspecified atom stereocenters. The van der Waals surface area contributed by atoms with E-state index in [0.29, 0.717) is 25.0 Å². The quantitative estimate of drug-likeness (QED) is 0.588. The molecule has 2 rings (SSSR count). The van der Waals surface area contributed by atoms with E-state index in [2.05, 4.69) is 19.6 Å². The van der Waals surface area contributed by atoms with Crippen LogP contribution in [-0.4, -0.2) is 44.5 Å². The number of aromatic nitrogens is 1. The molecule has 0 aliphatic heterocycles. The Morgan fingerprint density at radius 3 is 2.43 bits per heavy atom. The van der Waals surface area contributed by atoms with Crippen LogP contribution < -0.4 is 0 Å². The summed E-state index contributed by atoms with van der Waals surface area (Å²) in [6.07, 6.45) is 2.26. The maximum absolute atomic E-state index is 12.4. The van der Waals surface area contributed by atoms with E-state index in [9.17, 15) is 14.4 Å². The Balaban J connectivity index is 2.45. The van der Waals surface area contributed by atoms with Gasteiger partial charge in [-0.3, -0.25) is 14.4 Å². The fourth-order valence-corrected chi connectivity index (χ4v) is 3.40. The number of hydrogen-bond donors (Lipinski definition) is 0. The van der Waals surface area contributed by atoms with Crippen LogP contribution in [0, 0.1) is 0 Å². The Morgan fingerprint density at radius 2 is 1.91 bits per heavy atom. The zero-order chi connectivity index (χ0) is 17.4. The molecular weight excluding hydrogens is 314 g/mol. The van der Waals surface area contributed by atoms with Crippen LogP contribution in [-0.2, 0) is 22.6 Å². The molecule has 1 aliphatic rings. The zero-order valence-electron chi connectivity index (χ0n) is 14.1. The van der Waals surface area contributed by atoms with Crippen molar-refractivity contribution in [1.29, 1.82) is 0 Å². The highest BCUT2D eigenvalue weighted by atomic mass is 28.4. The van der Waals surface area contributed by atoms with Gasteiger partial charge in [-0.25, -0.2) is 0 Å². The maximum Gasteiger partial charge on any atom is 0.230 e. The summed E-state index contributed by atoms with van der Waals surface area (Å²) in [4.78, 5) is 36.2. The molecule has 0 atom stereocenters. The summed E-state index contributed by atoms with van der Waals surface area (Å²) >= 11 is 0. The van der Waals surface area contributed by atoms with Crippen molar-refractivity contribution in [2.24, 2.45) is 7.05 Å². The van der Waals surface area contributed by atoms with Crippen molar-refractivity contribution in [2.75, 3.05) is 13.7 Å². The van der Waals surface area contributed by atoms with E-state index in [1.54, 1.807) is 11.6 Å². The van der Waals surface area contributed by atoms with Crippen molar-refractivity contribution in [2.45, 2.75) is 26.1 Å². The highest BCUT2D eigenvalue weighted by molar-refractivity contribution is 6.69. The summed E-state index contributed by atoms with van der Waals surface area (Å²) in [7, 11) is 1.34. The van der Waals surface area contributed by atoms with Gasteiger partial charge in [0.1, 0.15) is 5.69 Å². The third-order valence-corrected chi connectivity index (χ3v) is 4.79. The van der Waals surface area contributed by atoms with Crippen LogP contribution in [0.25, 0.3) is 0 Å². The van der Waals surface area contributed by atoms with Crippen molar-refractivity contribution in [3.05, 3.63) is 34.3 Å². The molecule has 0 spiro atoms. The van der Waals surface area contributed by atoms with Gasteiger partial charge in [-0.15, -0.1) is 0 Å². The van der Waals surface area contributed by atoms with Gasteiger partial charge in [0, 0.05) is 37.4 Å². The average molecular weight is 335 g/mol. The molecule has 1 heterocycles. The summed E-state index contributed by atoms with van der Waals surface area (Å²) in [6, 6.07) is 0. The van der Waals surface area contributed by atoms with Crippen molar-refractivity contribution in [3.63, 3.8) is 0 Å². The molecule has 0 saturated carbocycles. The Morgan fingerprint density at radius 1 is 1.26 bits per heavy atom. The molecule has 0 radical (unpaired) electrons. The minimum atomic E-state index is -1.67. The average Bonchev–Trinajstić information content (AvgIpc) is 2.75. The molecule has 6 nitrogen and oxygen atoms in total. The molecule has 0 fully saturated rings. The third-order valence-electron chi connectivity index (χ3n) is 3.72. The predicted octanol–water partition coefficient (Wildman–Crippen LogP) is 2.14. The van der Waals surface area contributed by atoms with Crippen LogP contribution in [0.3, 0.4) is 0 Å². The first-order chi connectivity index (χ1) is 10.7. The largest absolute Gasteiger partial charge is 0.492 e. The van der Waals surface area contributed by atoms with Crippen LogP contribution in [0.1, 0.15) is 36.9 Å². The Kier molecular flexibility index (Phi) is 4.72. The van der Waals surface area contributed by atoms with Gasteiger partial charge in [-0.05, 0) is 19.6 Å². The third kappa shape index (κ3) is 3.20. The number of allylic oxidation sites excluding steroid dienone is 2. The van der Waals surface area contributed by atoms with Crippen molar-refractivity contribution >= 4 is 26.2 Å². The fourth-order valence-electron chi connectivity index (χ4n) is 2.68. The predicted molar refractivity (Wildman–Crippen MR) is 87.6 cm³/mol. The van der Waals surface area contributed by atoms with E-state index >= 15 is 0 Å². The van der Waals surface area contributed by atoms with Gasteiger partial charge in [-0.1, -0.05) is 0 Å². The van der Waals surface area contributed by atoms with Crippen LogP contribution in [0.5, 0.6) is 0 Å². The Labute approximate surface area is 136 Å². The van der Waals surface area contributed by atoms with E-state index in [4.69, 9.17) is 9.16 Å². The smallest absolute Gasteiger partial charge is 0.230 e. The van der Waals surface area contributed by atoms with E-state index < -0.39 is 14.1 Å². The standard InChI is InChI=1S/C16H21NO5Si/c1-17-11(6-7-22-23(3,4)5)10(9-18)14-15(17)12(19)8-13(21-2)16(14)20/h8-9H,6-7H2,1-5H3. The van der Waals surface area contributed by atoms with Gasteiger partial charge in [0.2, 0.25) is 11.6 Å². The molecule has 0 bridgehead atoms. The lowest BCUT2D eigenvalue weighted by Gasteiger charge is -2.17. The second-order valence-corrected chi connectivity index (χ2v) is 10.9. The van der Waals surface area contributed by atoms with E-state index in [1.165, 1.54) is 13.2 Å². The van der Waals surface area contributed by atoms with Gasteiger partial charge in [0.15, 0.2) is 20.4 Å². The van der Waals surface area contributed by atoms with Crippen molar-refractivity contribution in [1.82, 2.24) is 4.57 Å². The monoisotopic (exact) mass is 335 g/mol. The summed E-state index contributed by atoms with van der Waals surface area (Å²) in [6.45, 7) is 6.67. The summed E-state index contributed by atoms with van der Waals surface area (Å²) in [5.41, 5.74) is 1.26. The fraction of sp³-hybridized carbons (Fsp3) is 0.438. The molecule has 7 heteroatoms. The molecule has 0 aromatic carbocycles. The number of rotatable bonds is 6. The number of hydrogen-bond acceptors (Lipinski definition) is 5. The van der Waals surface area contributed by atoms with E-state index in [1.807, 2.05) is 0 Å². The van der Waals surface area contributed by atoms with Gasteiger partial charge in [0.25, 0.3) is 0 Å². The summed E-state index contributed by atoms with van der Waals surface area (Å²) in [5.74, 6) is -0.808. The molecule has 0 N–H and O–H groups in total. The molecule has 1 aromatic heterocycles. The lowest BCUT2D eigenvalue weighted by molar-refractivity contribution is 0.0911. The number of nitrogens with zero attached hydrogens (tertiary/aromatic N) is 1. The lowest BCUT2D eigenvalue weighted by atomic mass is 9.96. The maximum atomic E-state index is 12.4. The number of carbonyl (C=O) groups excluding carboxylic acids is 3. The normalized spacial score (nSPS) is 14.6. The lowest BCUT2D eigenvalue weighted by Crippen LogP contribution is -2.26. The SMILES string of the molecule is COC1=CC(=O)c2c(c(C=O)c(CCO[Si](C)(C)C)n2C)C1=O. The number of methoxy groups -OCH3 is 1. The number of ketones is 2. The highest BCUT2D eigenvalue weighted by Gasteiger charge is 2.34. The molecule has 0 amide bonds. The number of ether oxygens (including phenoxy) is 1. The van der Waals surface area contributed by atoms with Gasteiger partial charge in [0.05, 0.1) is 12.7 Å². The minimum Gasteiger partial charge on any atom is -0.492 e. The first-order valence-corrected chi connectivity index (χ1v) is 10.8. The minimum absolute atomic E-state index is 0.0406. The van der Waals surface area contributed by atoms with Gasteiger partial charge in [-0.2, -0.15) is 0 Å². The number of fused-ring (bicyclic) bond motifs is 1. The molecule has 1 aromatic rings. The van der Waals surface area contributed by atoms with Crippen LogP contribution in [0.15, 0.2) is 11.8 Å². The zero-order valence-corrected chi connectivity index (χ0v) is 15.1. The van der Waals surface area contributed by atoms with Crippen LogP contribution >= 0.6 is 0 Å². The Hall–Kier alpha value is -1.99. The van der Waals surface area contributed by atoms with Crippen LogP contribution in [0.4, 0.5) is 0 Å².